The highest BCUT2D eigenvalue weighted by Gasteiger charge is 2.23. The Morgan fingerprint density at radius 2 is 2.00 bits per heavy atom. The number of carboxylic acid groups (broad SMARTS) is 1. The maximum atomic E-state index is 11.6. The largest absolute Gasteiger partial charge is 0.491 e. The lowest BCUT2D eigenvalue weighted by atomic mass is 9.98. The van der Waals surface area contributed by atoms with Crippen LogP contribution in [-0.2, 0) is 0 Å². The Balaban J connectivity index is 1.71. The molecule has 1 aliphatic rings. The zero-order valence-corrected chi connectivity index (χ0v) is 17.0. The summed E-state index contributed by atoms with van der Waals surface area (Å²) in [4.78, 5) is 16.3. The van der Waals surface area contributed by atoms with Crippen molar-refractivity contribution in [3.05, 3.63) is 64.8 Å². The minimum atomic E-state index is -0.942. The summed E-state index contributed by atoms with van der Waals surface area (Å²) >= 11 is 0. The summed E-state index contributed by atoms with van der Waals surface area (Å²) < 4.78 is 6.04. The molecule has 0 radical (unpaired) electrons. The van der Waals surface area contributed by atoms with Gasteiger partial charge in [0.25, 0.3) is 0 Å². The maximum absolute atomic E-state index is 11.6. The van der Waals surface area contributed by atoms with Crippen molar-refractivity contribution >= 4 is 22.6 Å². The van der Waals surface area contributed by atoms with Gasteiger partial charge in [-0.15, -0.1) is 0 Å². The highest BCUT2D eigenvalue weighted by atomic mass is 16.5. The summed E-state index contributed by atoms with van der Waals surface area (Å²) in [6, 6.07) is 13.2. The van der Waals surface area contributed by atoms with E-state index in [2.05, 4.69) is 30.4 Å². The molecule has 0 unspecified atom stereocenters. The van der Waals surface area contributed by atoms with E-state index < -0.39 is 5.97 Å². The standard InChI is InChI=1S/C24H26N2O3/c1-14-10-19(15(2)25-21-7-5-4-6-18(21)24(27)28)20-12-23(29-13-17-8-9-17)16(3)26-22(20)11-14/h4-7,10-12,15,17,25H,8-9,13H2,1-3H3,(H,27,28)/t15-/m1/s1. The Bertz CT molecular complexity index is 1070. The Hall–Kier alpha value is -3.08. The van der Waals surface area contributed by atoms with Crippen LogP contribution in [0.5, 0.6) is 5.75 Å². The van der Waals surface area contributed by atoms with Crippen LogP contribution < -0.4 is 10.1 Å². The Morgan fingerprint density at radius 3 is 2.72 bits per heavy atom. The molecule has 1 aromatic heterocycles. The van der Waals surface area contributed by atoms with E-state index >= 15 is 0 Å². The van der Waals surface area contributed by atoms with Gasteiger partial charge in [-0.3, -0.25) is 0 Å². The summed E-state index contributed by atoms with van der Waals surface area (Å²) in [5, 5.41) is 13.9. The monoisotopic (exact) mass is 390 g/mol. The van der Waals surface area contributed by atoms with Crippen LogP contribution >= 0.6 is 0 Å². The number of nitrogens with zero attached hydrogens (tertiary/aromatic N) is 1. The third-order valence-corrected chi connectivity index (χ3v) is 5.42. The number of rotatable bonds is 7. The molecule has 2 N–H and O–H groups in total. The van der Waals surface area contributed by atoms with E-state index in [1.807, 2.05) is 19.9 Å². The molecule has 0 spiro atoms. The molecule has 1 heterocycles. The second kappa shape index (κ2) is 7.74. The number of hydrogen-bond acceptors (Lipinski definition) is 4. The molecule has 3 aromatic rings. The third kappa shape index (κ3) is 4.19. The van der Waals surface area contributed by atoms with Gasteiger partial charge in [0.15, 0.2) is 0 Å². The minimum Gasteiger partial charge on any atom is -0.491 e. The molecule has 1 saturated carbocycles. The van der Waals surface area contributed by atoms with Crippen LogP contribution in [0.1, 0.15) is 53.0 Å². The zero-order valence-electron chi connectivity index (χ0n) is 17.0. The number of pyridine rings is 1. The topological polar surface area (TPSA) is 71.5 Å². The number of aromatic nitrogens is 1. The quantitative estimate of drug-likeness (QED) is 0.556. The number of nitrogens with one attached hydrogen (secondary N) is 1. The summed E-state index contributed by atoms with van der Waals surface area (Å²) in [5.74, 6) is 0.561. The van der Waals surface area contributed by atoms with Gasteiger partial charge in [-0.05, 0) is 74.9 Å². The normalized spacial score (nSPS) is 14.6. The number of benzene rings is 2. The second-order valence-corrected chi connectivity index (χ2v) is 7.96. The minimum absolute atomic E-state index is 0.0984. The first kappa shape index (κ1) is 19.2. The van der Waals surface area contributed by atoms with Gasteiger partial charge in [0, 0.05) is 17.1 Å². The van der Waals surface area contributed by atoms with Crippen molar-refractivity contribution in [1.29, 1.82) is 0 Å². The smallest absolute Gasteiger partial charge is 0.337 e. The van der Waals surface area contributed by atoms with Gasteiger partial charge in [-0.25, -0.2) is 9.78 Å². The molecule has 5 heteroatoms. The molecule has 0 bridgehead atoms. The Morgan fingerprint density at radius 1 is 1.24 bits per heavy atom. The van der Waals surface area contributed by atoms with Crippen molar-refractivity contribution in [2.24, 2.45) is 5.92 Å². The fourth-order valence-corrected chi connectivity index (χ4v) is 3.63. The number of para-hydroxylation sites is 1. The maximum Gasteiger partial charge on any atom is 0.337 e. The van der Waals surface area contributed by atoms with Crippen molar-refractivity contribution in [1.82, 2.24) is 4.98 Å². The van der Waals surface area contributed by atoms with Crippen molar-refractivity contribution in [2.45, 2.75) is 39.7 Å². The van der Waals surface area contributed by atoms with E-state index in [-0.39, 0.29) is 11.6 Å². The molecular weight excluding hydrogens is 364 g/mol. The van der Waals surface area contributed by atoms with Gasteiger partial charge in [0.2, 0.25) is 0 Å². The molecule has 1 atom stereocenters. The lowest BCUT2D eigenvalue weighted by Gasteiger charge is -2.20. The first-order valence-corrected chi connectivity index (χ1v) is 10.1. The van der Waals surface area contributed by atoms with E-state index in [0.29, 0.717) is 11.6 Å². The molecule has 29 heavy (non-hydrogen) atoms. The highest BCUT2D eigenvalue weighted by molar-refractivity contribution is 5.94. The predicted octanol–water partition coefficient (Wildman–Crippen LogP) is 5.51. The van der Waals surface area contributed by atoms with Gasteiger partial charge in [0.1, 0.15) is 5.75 Å². The number of carbonyl (C=O) groups is 1. The summed E-state index contributed by atoms with van der Waals surface area (Å²) in [6.45, 7) is 6.82. The van der Waals surface area contributed by atoms with Crippen molar-refractivity contribution < 1.29 is 14.6 Å². The number of aromatic carboxylic acids is 1. The third-order valence-electron chi connectivity index (χ3n) is 5.42. The van der Waals surface area contributed by atoms with Crippen molar-refractivity contribution in [2.75, 3.05) is 11.9 Å². The van der Waals surface area contributed by atoms with Crippen LogP contribution in [0.15, 0.2) is 42.5 Å². The fourth-order valence-electron chi connectivity index (χ4n) is 3.63. The van der Waals surface area contributed by atoms with Crippen molar-refractivity contribution in [3.63, 3.8) is 0 Å². The number of anilines is 1. The molecular formula is C24H26N2O3. The first-order chi connectivity index (χ1) is 13.9. The summed E-state index contributed by atoms with van der Waals surface area (Å²) in [6.07, 6.45) is 2.49. The molecule has 0 aliphatic heterocycles. The second-order valence-electron chi connectivity index (χ2n) is 7.96. The predicted molar refractivity (Wildman–Crippen MR) is 115 cm³/mol. The SMILES string of the molecule is Cc1cc([C@@H](C)Nc2ccccc2C(=O)O)c2cc(OCC3CC3)c(C)nc2c1. The zero-order chi connectivity index (χ0) is 20.5. The number of ether oxygens (including phenoxy) is 1. The molecule has 2 aromatic carbocycles. The van der Waals surface area contributed by atoms with Crippen LogP contribution in [0.4, 0.5) is 5.69 Å². The lowest BCUT2D eigenvalue weighted by Crippen LogP contribution is -2.11. The van der Waals surface area contributed by atoms with E-state index in [0.717, 1.165) is 40.1 Å². The molecule has 1 fully saturated rings. The summed E-state index contributed by atoms with van der Waals surface area (Å²) in [5.41, 5.74) is 4.88. The Kier molecular flexibility index (Phi) is 5.14. The van der Waals surface area contributed by atoms with Crippen molar-refractivity contribution in [3.8, 4) is 5.75 Å². The molecule has 0 saturated heterocycles. The van der Waals surface area contributed by atoms with Crippen LogP contribution in [-0.4, -0.2) is 22.7 Å². The van der Waals surface area contributed by atoms with Gasteiger partial charge in [-0.1, -0.05) is 18.2 Å². The Labute approximate surface area is 170 Å². The first-order valence-electron chi connectivity index (χ1n) is 10.1. The van der Waals surface area contributed by atoms with E-state index in [1.54, 1.807) is 18.2 Å². The molecule has 1 aliphatic carbocycles. The number of aryl methyl sites for hydroxylation is 2. The highest BCUT2D eigenvalue weighted by Crippen LogP contribution is 2.34. The van der Waals surface area contributed by atoms with Crippen LogP contribution in [0, 0.1) is 19.8 Å². The van der Waals surface area contributed by atoms with Gasteiger partial charge >= 0.3 is 5.97 Å². The average Bonchev–Trinajstić information content (AvgIpc) is 3.50. The van der Waals surface area contributed by atoms with Crippen LogP contribution in [0.25, 0.3) is 10.9 Å². The number of fused-ring (bicyclic) bond motifs is 1. The van der Waals surface area contributed by atoms with Gasteiger partial charge in [0.05, 0.1) is 23.4 Å². The molecule has 5 nitrogen and oxygen atoms in total. The van der Waals surface area contributed by atoms with E-state index in [9.17, 15) is 9.90 Å². The van der Waals surface area contributed by atoms with Crippen LogP contribution in [0.3, 0.4) is 0 Å². The van der Waals surface area contributed by atoms with E-state index in [4.69, 9.17) is 9.72 Å². The molecule has 0 amide bonds. The summed E-state index contributed by atoms with van der Waals surface area (Å²) in [7, 11) is 0. The van der Waals surface area contributed by atoms with Gasteiger partial charge < -0.3 is 15.2 Å². The number of hydrogen-bond donors (Lipinski definition) is 2. The van der Waals surface area contributed by atoms with Crippen LogP contribution in [0.2, 0.25) is 0 Å². The molecule has 150 valence electrons. The fraction of sp³-hybridized carbons (Fsp3) is 0.333. The number of carboxylic acids is 1. The lowest BCUT2D eigenvalue weighted by molar-refractivity contribution is 0.0698. The van der Waals surface area contributed by atoms with E-state index in [1.165, 1.54) is 12.8 Å². The molecule has 4 rings (SSSR count). The average molecular weight is 390 g/mol. The van der Waals surface area contributed by atoms with Gasteiger partial charge in [-0.2, -0.15) is 0 Å².